The van der Waals surface area contributed by atoms with Crippen molar-refractivity contribution >= 4 is 5.97 Å². The van der Waals surface area contributed by atoms with Crippen LogP contribution in [0.2, 0.25) is 0 Å². The van der Waals surface area contributed by atoms with Crippen LogP contribution in [-0.2, 0) is 11.0 Å². The van der Waals surface area contributed by atoms with Crippen molar-refractivity contribution in [3.63, 3.8) is 0 Å². The molecule has 1 fully saturated rings. The molecular weight excluding hydrogens is 249 g/mol. The third-order valence-corrected chi connectivity index (χ3v) is 3.81. The maximum Gasteiger partial charge on any atom is 0.435 e. The zero-order valence-corrected chi connectivity index (χ0v) is 9.29. The Bertz CT molecular complexity index is 509. The van der Waals surface area contributed by atoms with Crippen LogP contribution in [0.25, 0.3) is 0 Å². The number of aromatic nitrogens is 2. The van der Waals surface area contributed by atoms with Crippen molar-refractivity contribution in [2.24, 2.45) is 5.92 Å². The predicted molar refractivity (Wildman–Crippen MR) is 54.0 cm³/mol. The summed E-state index contributed by atoms with van der Waals surface area (Å²) >= 11 is 0. The van der Waals surface area contributed by atoms with E-state index in [9.17, 15) is 18.0 Å². The van der Waals surface area contributed by atoms with Crippen LogP contribution in [0, 0.1) is 5.92 Å². The summed E-state index contributed by atoms with van der Waals surface area (Å²) in [7, 11) is 0. The largest absolute Gasteiger partial charge is 0.481 e. The van der Waals surface area contributed by atoms with Crippen molar-refractivity contribution in [3.8, 4) is 0 Å². The normalized spacial score (nSPS) is 29.6. The van der Waals surface area contributed by atoms with Gasteiger partial charge < -0.3 is 5.11 Å². The topological polar surface area (TPSA) is 66.0 Å². The SMILES string of the molecule is O=C(O)CC1CC2CC2c2[nH]nc(C(F)(F)F)c21. The molecule has 0 bridgehead atoms. The number of fused-ring (bicyclic) bond motifs is 3. The van der Waals surface area contributed by atoms with Gasteiger partial charge in [0.2, 0.25) is 0 Å². The zero-order valence-electron chi connectivity index (χ0n) is 9.29. The Morgan fingerprint density at radius 2 is 2.17 bits per heavy atom. The number of halogens is 3. The number of hydrogen-bond acceptors (Lipinski definition) is 2. The molecule has 3 unspecified atom stereocenters. The number of hydrogen-bond donors (Lipinski definition) is 2. The highest BCUT2D eigenvalue weighted by Gasteiger charge is 2.51. The van der Waals surface area contributed by atoms with E-state index in [0.717, 1.165) is 6.42 Å². The second-order valence-corrected chi connectivity index (χ2v) is 5.03. The molecule has 0 radical (unpaired) electrons. The molecule has 1 aromatic heterocycles. The highest BCUT2D eigenvalue weighted by Crippen LogP contribution is 2.59. The number of rotatable bonds is 2. The summed E-state index contributed by atoms with van der Waals surface area (Å²) in [5, 5.41) is 14.6. The summed E-state index contributed by atoms with van der Waals surface area (Å²) in [6, 6.07) is 0. The summed E-state index contributed by atoms with van der Waals surface area (Å²) in [6.45, 7) is 0. The number of aliphatic carboxylic acids is 1. The zero-order chi connectivity index (χ0) is 13.1. The molecule has 2 aliphatic rings. The maximum absolute atomic E-state index is 12.8. The van der Waals surface area contributed by atoms with Crippen molar-refractivity contribution in [3.05, 3.63) is 17.0 Å². The van der Waals surface area contributed by atoms with Gasteiger partial charge in [0, 0.05) is 17.2 Å². The van der Waals surface area contributed by atoms with E-state index in [1.54, 1.807) is 0 Å². The molecule has 0 spiro atoms. The molecule has 7 heteroatoms. The minimum absolute atomic E-state index is 0.0867. The molecule has 0 aromatic carbocycles. The van der Waals surface area contributed by atoms with Gasteiger partial charge in [0.1, 0.15) is 0 Å². The molecule has 18 heavy (non-hydrogen) atoms. The molecule has 4 nitrogen and oxygen atoms in total. The van der Waals surface area contributed by atoms with Crippen LogP contribution < -0.4 is 0 Å². The molecule has 1 heterocycles. The number of nitrogens with zero attached hydrogens (tertiary/aromatic N) is 1. The van der Waals surface area contributed by atoms with Gasteiger partial charge in [0.15, 0.2) is 5.69 Å². The van der Waals surface area contributed by atoms with Gasteiger partial charge >= 0.3 is 12.1 Å². The summed E-state index contributed by atoms with van der Waals surface area (Å²) in [5.41, 5.74) is -0.345. The second-order valence-electron chi connectivity index (χ2n) is 5.03. The molecule has 2 aliphatic carbocycles. The summed E-state index contributed by atoms with van der Waals surface area (Å²) < 4.78 is 38.5. The molecule has 0 saturated heterocycles. The quantitative estimate of drug-likeness (QED) is 0.858. The van der Waals surface area contributed by atoms with Gasteiger partial charge in [-0.3, -0.25) is 9.89 Å². The summed E-state index contributed by atoms with van der Waals surface area (Å²) in [4.78, 5) is 10.8. The van der Waals surface area contributed by atoms with Crippen LogP contribution in [0.3, 0.4) is 0 Å². The van der Waals surface area contributed by atoms with E-state index in [2.05, 4.69) is 10.2 Å². The second kappa shape index (κ2) is 3.49. The van der Waals surface area contributed by atoms with Crippen molar-refractivity contribution in [2.45, 2.75) is 37.3 Å². The maximum atomic E-state index is 12.8. The molecule has 0 amide bonds. The Hall–Kier alpha value is -1.53. The predicted octanol–water partition coefficient (Wildman–Crippen LogP) is 2.49. The van der Waals surface area contributed by atoms with Crippen LogP contribution in [0.4, 0.5) is 13.2 Å². The Kier molecular flexibility index (Phi) is 2.24. The fraction of sp³-hybridized carbons (Fsp3) is 0.636. The third-order valence-electron chi connectivity index (χ3n) is 3.81. The van der Waals surface area contributed by atoms with Gasteiger partial charge in [-0.2, -0.15) is 18.3 Å². The van der Waals surface area contributed by atoms with Crippen molar-refractivity contribution < 1.29 is 23.1 Å². The van der Waals surface area contributed by atoms with Crippen LogP contribution in [0.1, 0.15) is 48.0 Å². The Morgan fingerprint density at radius 1 is 1.44 bits per heavy atom. The van der Waals surface area contributed by atoms with E-state index >= 15 is 0 Å². The molecule has 98 valence electrons. The lowest BCUT2D eigenvalue weighted by atomic mass is 9.83. The van der Waals surface area contributed by atoms with Gasteiger partial charge in [-0.15, -0.1) is 0 Å². The number of H-pyrrole nitrogens is 1. The van der Waals surface area contributed by atoms with Gasteiger partial charge in [0.05, 0.1) is 6.42 Å². The molecule has 2 N–H and O–H groups in total. The van der Waals surface area contributed by atoms with Crippen molar-refractivity contribution in [1.82, 2.24) is 10.2 Å². The van der Waals surface area contributed by atoms with E-state index in [4.69, 9.17) is 5.11 Å². The van der Waals surface area contributed by atoms with Crippen LogP contribution in [0.15, 0.2) is 0 Å². The van der Waals surface area contributed by atoms with E-state index in [0.29, 0.717) is 18.0 Å². The number of alkyl halides is 3. The van der Waals surface area contributed by atoms with E-state index < -0.39 is 23.8 Å². The molecular formula is C11H11F3N2O2. The summed E-state index contributed by atoms with van der Waals surface area (Å²) in [6.07, 6.45) is -3.43. The molecule has 1 saturated carbocycles. The summed E-state index contributed by atoms with van der Waals surface area (Å²) in [5.74, 6) is -1.20. The highest BCUT2D eigenvalue weighted by atomic mass is 19.4. The van der Waals surface area contributed by atoms with Gasteiger partial charge in [-0.1, -0.05) is 0 Å². The average molecular weight is 260 g/mol. The van der Waals surface area contributed by atoms with E-state index in [1.807, 2.05) is 0 Å². The van der Waals surface area contributed by atoms with Crippen LogP contribution in [0.5, 0.6) is 0 Å². The Morgan fingerprint density at radius 3 is 2.78 bits per heavy atom. The Labute approximate surface area is 100 Å². The van der Waals surface area contributed by atoms with Crippen molar-refractivity contribution in [2.75, 3.05) is 0 Å². The number of carboxylic acid groups (broad SMARTS) is 1. The van der Waals surface area contributed by atoms with Crippen LogP contribution in [-0.4, -0.2) is 21.3 Å². The fourth-order valence-electron chi connectivity index (χ4n) is 3.02. The minimum Gasteiger partial charge on any atom is -0.481 e. The van der Waals surface area contributed by atoms with Gasteiger partial charge in [-0.25, -0.2) is 0 Å². The molecule has 0 aliphatic heterocycles. The smallest absolute Gasteiger partial charge is 0.435 e. The first kappa shape index (κ1) is 11.6. The first-order valence-corrected chi connectivity index (χ1v) is 5.75. The standard InChI is InChI=1S/C11H11F3N2O2/c12-11(13,14)10-8-5(3-7(17)18)1-4-2-6(4)9(8)15-16-10/h4-6H,1-3H2,(H,15,16)(H,17,18). The number of nitrogens with one attached hydrogen (secondary N) is 1. The van der Waals surface area contributed by atoms with Crippen molar-refractivity contribution in [1.29, 1.82) is 0 Å². The monoisotopic (exact) mass is 260 g/mol. The first-order valence-electron chi connectivity index (χ1n) is 5.75. The Balaban J connectivity index is 2.04. The first-order chi connectivity index (χ1) is 8.38. The van der Waals surface area contributed by atoms with Gasteiger partial charge in [-0.05, 0) is 24.7 Å². The van der Waals surface area contributed by atoms with Crippen LogP contribution >= 0.6 is 0 Å². The molecule has 3 atom stereocenters. The third kappa shape index (κ3) is 1.69. The number of aromatic amines is 1. The minimum atomic E-state index is -4.53. The molecule has 1 aromatic rings. The lowest BCUT2D eigenvalue weighted by Gasteiger charge is -2.21. The lowest BCUT2D eigenvalue weighted by Crippen LogP contribution is -2.17. The fourth-order valence-corrected chi connectivity index (χ4v) is 3.02. The van der Waals surface area contributed by atoms with Gasteiger partial charge in [0.25, 0.3) is 0 Å². The number of carboxylic acids is 1. The van der Waals surface area contributed by atoms with E-state index in [1.165, 1.54) is 0 Å². The average Bonchev–Trinajstić information content (AvgIpc) is 2.85. The molecule has 3 rings (SSSR count). The van der Waals surface area contributed by atoms with E-state index in [-0.39, 0.29) is 17.9 Å². The highest BCUT2D eigenvalue weighted by molar-refractivity contribution is 5.68. The number of carbonyl (C=O) groups is 1. The lowest BCUT2D eigenvalue weighted by molar-refractivity contribution is -0.143.